The van der Waals surface area contributed by atoms with Crippen LogP contribution in [0, 0.1) is 0 Å². The Hall–Kier alpha value is -1.59. The average molecular weight is 325 g/mol. The molecule has 1 aromatic carbocycles. The van der Waals surface area contributed by atoms with E-state index in [1.807, 2.05) is 41.6 Å². The molecule has 21 heavy (non-hydrogen) atoms. The molecule has 0 spiro atoms. The first-order chi connectivity index (χ1) is 10.1. The van der Waals surface area contributed by atoms with Gasteiger partial charge in [0.15, 0.2) is 5.13 Å². The van der Waals surface area contributed by atoms with Crippen molar-refractivity contribution >= 4 is 34.0 Å². The van der Waals surface area contributed by atoms with Gasteiger partial charge in [-0.3, -0.25) is 4.79 Å². The zero-order valence-electron chi connectivity index (χ0n) is 12.0. The Morgan fingerprint density at radius 2 is 2.19 bits per heavy atom. The van der Waals surface area contributed by atoms with Crippen molar-refractivity contribution in [3.05, 3.63) is 45.9 Å². The first kappa shape index (κ1) is 15.8. The Morgan fingerprint density at radius 1 is 1.43 bits per heavy atom. The predicted molar refractivity (Wildman–Crippen MR) is 86.0 cm³/mol. The predicted octanol–water partition coefficient (Wildman–Crippen LogP) is 3.54. The summed E-state index contributed by atoms with van der Waals surface area (Å²) in [7, 11) is 3.37. The van der Waals surface area contributed by atoms with Crippen LogP contribution in [0.25, 0.3) is 0 Å². The lowest BCUT2D eigenvalue weighted by Gasteiger charge is -2.16. The molecule has 0 aliphatic rings. The number of carbonyl (C=O) groups is 1. The monoisotopic (exact) mass is 324 g/mol. The molecule has 0 aliphatic carbocycles. The Balaban J connectivity index is 1.97. The van der Waals surface area contributed by atoms with Crippen LogP contribution in [-0.4, -0.2) is 25.1 Å². The minimum absolute atomic E-state index is 0.214. The standard InChI is InChI=1S/C15H17ClN2O2S/c1-18(9-11-5-3-4-6-13(11)16)15-17-12(10-21-15)7-8-14(19)20-2/h3-6,10H,7-9H2,1-2H3. The molecule has 1 heterocycles. The van der Waals surface area contributed by atoms with Crippen LogP contribution in [0.4, 0.5) is 5.13 Å². The number of halogens is 1. The molecule has 2 rings (SSSR count). The lowest BCUT2D eigenvalue weighted by molar-refractivity contribution is -0.140. The smallest absolute Gasteiger partial charge is 0.305 e. The lowest BCUT2D eigenvalue weighted by Crippen LogP contribution is -2.16. The molecule has 6 heteroatoms. The van der Waals surface area contributed by atoms with Crippen molar-refractivity contribution < 1.29 is 9.53 Å². The number of carbonyl (C=O) groups excluding carboxylic acids is 1. The molecular formula is C15H17ClN2O2S. The number of nitrogens with zero attached hydrogens (tertiary/aromatic N) is 2. The first-order valence-electron chi connectivity index (χ1n) is 6.56. The van der Waals surface area contributed by atoms with E-state index in [2.05, 4.69) is 9.72 Å². The summed E-state index contributed by atoms with van der Waals surface area (Å²) in [6.07, 6.45) is 0.955. The molecule has 0 fully saturated rings. The molecule has 4 nitrogen and oxygen atoms in total. The zero-order chi connectivity index (χ0) is 15.2. The third kappa shape index (κ3) is 4.44. The number of methoxy groups -OCH3 is 1. The SMILES string of the molecule is COC(=O)CCc1csc(N(C)Cc2ccccc2Cl)n1. The number of hydrogen-bond donors (Lipinski definition) is 0. The van der Waals surface area contributed by atoms with Crippen LogP contribution in [0.3, 0.4) is 0 Å². The Morgan fingerprint density at radius 3 is 2.90 bits per heavy atom. The summed E-state index contributed by atoms with van der Waals surface area (Å²) < 4.78 is 4.63. The van der Waals surface area contributed by atoms with E-state index in [9.17, 15) is 4.79 Å². The highest BCUT2D eigenvalue weighted by Gasteiger charge is 2.10. The minimum atomic E-state index is -0.214. The molecule has 0 saturated heterocycles. The number of benzene rings is 1. The molecule has 112 valence electrons. The van der Waals surface area contributed by atoms with Crippen molar-refractivity contribution in [2.45, 2.75) is 19.4 Å². The summed E-state index contributed by atoms with van der Waals surface area (Å²) in [6, 6.07) is 7.78. The van der Waals surface area contributed by atoms with Gasteiger partial charge >= 0.3 is 5.97 Å². The van der Waals surface area contributed by atoms with Gasteiger partial charge in [0.25, 0.3) is 0 Å². The number of hydrogen-bond acceptors (Lipinski definition) is 5. The van der Waals surface area contributed by atoms with Crippen molar-refractivity contribution in [1.82, 2.24) is 4.98 Å². The second-order valence-electron chi connectivity index (χ2n) is 4.65. The van der Waals surface area contributed by atoms with Crippen LogP contribution in [0.5, 0.6) is 0 Å². The number of aryl methyl sites for hydroxylation is 1. The fourth-order valence-corrected chi connectivity index (χ4v) is 2.89. The second kappa shape index (κ2) is 7.43. The molecule has 0 N–H and O–H groups in total. The maximum absolute atomic E-state index is 11.1. The lowest BCUT2D eigenvalue weighted by atomic mass is 10.2. The van der Waals surface area contributed by atoms with Crippen molar-refractivity contribution in [2.75, 3.05) is 19.1 Å². The molecule has 1 aromatic heterocycles. The van der Waals surface area contributed by atoms with Gasteiger partial charge in [-0.25, -0.2) is 4.98 Å². The van der Waals surface area contributed by atoms with Crippen LogP contribution in [0.15, 0.2) is 29.6 Å². The van der Waals surface area contributed by atoms with Gasteiger partial charge in [0.1, 0.15) is 0 Å². The van der Waals surface area contributed by atoms with E-state index >= 15 is 0 Å². The number of rotatable bonds is 6. The number of thiazole rings is 1. The first-order valence-corrected chi connectivity index (χ1v) is 7.81. The van der Waals surface area contributed by atoms with E-state index in [1.54, 1.807) is 11.3 Å². The van der Waals surface area contributed by atoms with Gasteiger partial charge in [0.2, 0.25) is 0 Å². The number of aromatic nitrogens is 1. The van der Waals surface area contributed by atoms with Gasteiger partial charge in [-0.15, -0.1) is 11.3 Å². The van der Waals surface area contributed by atoms with Crippen LogP contribution in [0.1, 0.15) is 17.7 Å². The largest absolute Gasteiger partial charge is 0.469 e. The molecule has 0 atom stereocenters. The number of esters is 1. The molecule has 0 aliphatic heterocycles. The van der Waals surface area contributed by atoms with E-state index in [0.717, 1.165) is 21.4 Å². The summed E-state index contributed by atoms with van der Waals surface area (Å²) in [5.41, 5.74) is 1.97. The topological polar surface area (TPSA) is 42.4 Å². The highest BCUT2D eigenvalue weighted by atomic mass is 35.5. The van der Waals surface area contributed by atoms with Crippen molar-refractivity contribution in [3.63, 3.8) is 0 Å². The maximum atomic E-state index is 11.1. The zero-order valence-corrected chi connectivity index (χ0v) is 13.6. The minimum Gasteiger partial charge on any atom is -0.469 e. The molecule has 0 bridgehead atoms. The third-order valence-electron chi connectivity index (χ3n) is 3.04. The summed E-state index contributed by atoms with van der Waals surface area (Å²) in [5, 5.41) is 3.64. The fourth-order valence-electron chi connectivity index (χ4n) is 1.87. The molecule has 2 aromatic rings. The van der Waals surface area contributed by atoms with Gasteiger partial charge in [-0.05, 0) is 11.6 Å². The van der Waals surface area contributed by atoms with Crippen LogP contribution in [-0.2, 0) is 22.5 Å². The van der Waals surface area contributed by atoms with E-state index in [0.29, 0.717) is 19.4 Å². The van der Waals surface area contributed by atoms with Gasteiger partial charge < -0.3 is 9.64 Å². The molecule has 0 radical (unpaired) electrons. The average Bonchev–Trinajstić information content (AvgIpc) is 2.96. The van der Waals surface area contributed by atoms with Crippen LogP contribution < -0.4 is 4.90 Å². The maximum Gasteiger partial charge on any atom is 0.305 e. The summed E-state index contributed by atoms with van der Waals surface area (Å²) in [4.78, 5) is 17.7. The van der Waals surface area contributed by atoms with Crippen LogP contribution in [0.2, 0.25) is 5.02 Å². The second-order valence-corrected chi connectivity index (χ2v) is 5.89. The number of anilines is 1. The van der Waals surface area contributed by atoms with Gasteiger partial charge in [-0.2, -0.15) is 0 Å². The highest BCUT2D eigenvalue weighted by Crippen LogP contribution is 2.24. The van der Waals surface area contributed by atoms with E-state index in [-0.39, 0.29) is 5.97 Å². The molecular weight excluding hydrogens is 308 g/mol. The third-order valence-corrected chi connectivity index (χ3v) is 4.42. The molecule has 0 amide bonds. The van der Waals surface area contributed by atoms with Gasteiger partial charge in [0, 0.05) is 30.4 Å². The quantitative estimate of drug-likeness (QED) is 0.762. The normalized spacial score (nSPS) is 10.4. The van der Waals surface area contributed by atoms with E-state index < -0.39 is 0 Å². The van der Waals surface area contributed by atoms with Gasteiger partial charge in [-0.1, -0.05) is 29.8 Å². The van der Waals surface area contributed by atoms with Crippen molar-refractivity contribution in [1.29, 1.82) is 0 Å². The van der Waals surface area contributed by atoms with Crippen LogP contribution >= 0.6 is 22.9 Å². The number of ether oxygens (including phenoxy) is 1. The molecule has 0 unspecified atom stereocenters. The Labute approximate surface area is 133 Å². The van der Waals surface area contributed by atoms with Gasteiger partial charge in [0.05, 0.1) is 19.2 Å². The van der Waals surface area contributed by atoms with Crippen molar-refractivity contribution in [3.8, 4) is 0 Å². The van der Waals surface area contributed by atoms with Crippen molar-refractivity contribution in [2.24, 2.45) is 0 Å². The summed E-state index contributed by atoms with van der Waals surface area (Å²) >= 11 is 7.73. The summed E-state index contributed by atoms with van der Waals surface area (Å²) in [5.74, 6) is -0.214. The highest BCUT2D eigenvalue weighted by molar-refractivity contribution is 7.13. The summed E-state index contributed by atoms with van der Waals surface area (Å²) in [6.45, 7) is 0.698. The van der Waals surface area contributed by atoms with E-state index in [4.69, 9.17) is 11.6 Å². The Kier molecular flexibility index (Phi) is 5.59. The molecule has 0 saturated carbocycles. The van der Waals surface area contributed by atoms with E-state index in [1.165, 1.54) is 7.11 Å². The Bertz CT molecular complexity index is 615. The fraction of sp³-hybridized carbons (Fsp3) is 0.333.